The lowest BCUT2D eigenvalue weighted by Crippen LogP contribution is -2.06. The maximum Gasteiger partial charge on any atom is 0.123 e. The summed E-state index contributed by atoms with van der Waals surface area (Å²) in [5.74, 6) is 0.955. The van der Waals surface area contributed by atoms with E-state index in [2.05, 4.69) is 6.92 Å². The molecule has 13 heavy (non-hydrogen) atoms. The third-order valence-corrected chi connectivity index (χ3v) is 2.36. The van der Waals surface area contributed by atoms with Crippen molar-refractivity contribution in [2.24, 2.45) is 0 Å². The molecule has 1 aliphatic heterocycles. The van der Waals surface area contributed by atoms with Gasteiger partial charge in [-0.25, -0.2) is 0 Å². The Kier molecular flexibility index (Phi) is 1.83. The molecule has 1 unspecified atom stereocenters. The lowest BCUT2D eigenvalue weighted by Gasteiger charge is -2.03. The minimum absolute atomic E-state index is 0.260. The molecule has 1 aromatic carbocycles. The van der Waals surface area contributed by atoms with Gasteiger partial charge in [0.2, 0.25) is 0 Å². The maximum atomic E-state index is 7.61. The van der Waals surface area contributed by atoms with Crippen molar-refractivity contribution in [3.63, 3.8) is 0 Å². The Morgan fingerprint density at radius 2 is 2.31 bits per heavy atom. The Balaban J connectivity index is 2.51. The van der Waals surface area contributed by atoms with Crippen LogP contribution in [0.5, 0.6) is 5.75 Å². The van der Waals surface area contributed by atoms with Crippen LogP contribution in [0.15, 0.2) is 18.2 Å². The van der Waals surface area contributed by atoms with Crippen molar-refractivity contribution in [3.05, 3.63) is 29.3 Å². The first-order valence-corrected chi connectivity index (χ1v) is 4.52. The van der Waals surface area contributed by atoms with Crippen LogP contribution in [0.4, 0.5) is 0 Å². The zero-order valence-corrected chi connectivity index (χ0v) is 7.92. The molecule has 2 nitrogen and oxygen atoms in total. The zero-order valence-electron chi connectivity index (χ0n) is 7.92. The number of ether oxygens (including phenoxy) is 1. The molecular weight excluding hydrogens is 162 g/mol. The monoisotopic (exact) mass is 175 g/mol. The lowest BCUT2D eigenvalue weighted by molar-refractivity contribution is 0.254. The summed E-state index contributed by atoms with van der Waals surface area (Å²) >= 11 is 0. The summed E-state index contributed by atoms with van der Waals surface area (Å²) < 4.78 is 5.60. The average molecular weight is 175 g/mol. The number of nitrogens with one attached hydrogen (secondary N) is 1. The van der Waals surface area contributed by atoms with Crippen molar-refractivity contribution >= 4 is 5.71 Å². The number of rotatable bonds is 1. The van der Waals surface area contributed by atoms with Crippen molar-refractivity contribution in [1.82, 2.24) is 0 Å². The first-order valence-electron chi connectivity index (χ1n) is 4.52. The molecule has 2 rings (SSSR count). The van der Waals surface area contributed by atoms with Crippen LogP contribution in [-0.4, -0.2) is 11.8 Å². The van der Waals surface area contributed by atoms with Crippen molar-refractivity contribution in [1.29, 1.82) is 5.41 Å². The van der Waals surface area contributed by atoms with E-state index in [1.54, 1.807) is 0 Å². The third-order valence-electron chi connectivity index (χ3n) is 2.36. The smallest absolute Gasteiger partial charge is 0.123 e. The van der Waals surface area contributed by atoms with Crippen LogP contribution in [-0.2, 0) is 6.42 Å². The van der Waals surface area contributed by atoms with Gasteiger partial charge in [-0.05, 0) is 19.9 Å². The summed E-state index contributed by atoms with van der Waals surface area (Å²) in [5.41, 5.74) is 2.85. The molecule has 0 aromatic heterocycles. The quantitative estimate of drug-likeness (QED) is 0.653. The van der Waals surface area contributed by atoms with Crippen LogP contribution in [0.25, 0.3) is 0 Å². The molecule has 0 amide bonds. The van der Waals surface area contributed by atoms with E-state index >= 15 is 0 Å². The molecule has 2 heteroatoms. The van der Waals surface area contributed by atoms with Gasteiger partial charge in [-0.3, -0.25) is 0 Å². The standard InChI is InChI=1S/C11H13NO/c1-7-6-10-9(8(2)12)4-3-5-11(10)13-7/h3-5,7,12H,6H2,1-2H3. The van der Waals surface area contributed by atoms with Crippen LogP contribution in [0, 0.1) is 5.41 Å². The first-order chi connectivity index (χ1) is 6.18. The zero-order chi connectivity index (χ0) is 9.42. The summed E-state index contributed by atoms with van der Waals surface area (Å²) in [6, 6.07) is 5.91. The van der Waals surface area contributed by atoms with Gasteiger partial charge in [-0.2, -0.15) is 0 Å². The molecule has 1 heterocycles. The molecular formula is C11H13NO. The highest BCUT2D eigenvalue weighted by Crippen LogP contribution is 2.31. The summed E-state index contributed by atoms with van der Waals surface area (Å²) in [6.07, 6.45) is 1.19. The summed E-state index contributed by atoms with van der Waals surface area (Å²) in [4.78, 5) is 0. The van der Waals surface area contributed by atoms with Crippen LogP contribution in [0.1, 0.15) is 25.0 Å². The Hall–Kier alpha value is -1.31. The number of benzene rings is 1. The van der Waals surface area contributed by atoms with Crippen molar-refractivity contribution in [2.75, 3.05) is 0 Å². The van der Waals surface area contributed by atoms with Crippen molar-refractivity contribution < 1.29 is 4.74 Å². The van der Waals surface area contributed by atoms with Gasteiger partial charge in [-0.15, -0.1) is 0 Å². The predicted molar refractivity (Wildman–Crippen MR) is 52.7 cm³/mol. The van der Waals surface area contributed by atoms with Crippen LogP contribution >= 0.6 is 0 Å². The van der Waals surface area contributed by atoms with Gasteiger partial charge in [0.05, 0.1) is 0 Å². The topological polar surface area (TPSA) is 33.1 Å². The van der Waals surface area contributed by atoms with E-state index in [-0.39, 0.29) is 6.10 Å². The van der Waals surface area contributed by atoms with E-state index in [0.717, 1.165) is 17.7 Å². The van der Waals surface area contributed by atoms with E-state index in [4.69, 9.17) is 10.1 Å². The molecule has 68 valence electrons. The van der Waals surface area contributed by atoms with Gasteiger partial charge >= 0.3 is 0 Å². The Labute approximate surface area is 78.0 Å². The second-order valence-electron chi connectivity index (χ2n) is 3.54. The highest BCUT2D eigenvalue weighted by atomic mass is 16.5. The number of hydrogen-bond acceptors (Lipinski definition) is 2. The van der Waals surface area contributed by atoms with Crippen LogP contribution in [0.3, 0.4) is 0 Å². The molecule has 0 saturated heterocycles. The fourth-order valence-corrected chi connectivity index (χ4v) is 1.78. The van der Waals surface area contributed by atoms with Gasteiger partial charge in [0, 0.05) is 23.3 Å². The van der Waals surface area contributed by atoms with Crippen LogP contribution < -0.4 is 4.74 Å². The predicted octanol–water partition coefficient (Wildman–Crippen LogP) is 2.40. The Bertz CT molecular complexity index is 357. The summed E-state index contributed by atoms with van der Waals surface area (Å²) in [6.45, 7) is 3.88. The second-order valence-corrected chi connectivity index (χ2v) is 3.54. The highest BCUT2D eigenvalue weighted by molar-refractivity contribution is 5.98. The van der Waals surface area contributed by atoms with E-state index in [1.807, 2.05) is 25.1 Å². The SMILES string of the molecule is CC(=N)c1cccc2c1CC(C)O2. The molecule has 1 N–H and O–H groups in total. The van der Waals surface area contributed by atoms with Gasteiger partial charge in [0.1, 0.15) is 11.9 Å². The highest BCUT2D eigenvalue weighted by Gasteiger charge is 2.21. The number of fused-ring (bicyclic) bond motifs is 1. The second kappa shape index (κ2) is 2.87. The van der Waals surface area contributed by atoms with Gasteiger partial charge < -0.3 is 10.1 Å². The average Bonchev–Trinajstić information content (AvgIpc) is 2.43. The van der Waals surface area contributed by atoms with E-state index in [1.165, 1.54) is 5.56 Å². The summed E-state index contributed by atoms with van der Waals surface area (Å²) in [5, 5.41) is 7.61. The largest absolute Gasteiger partial charge is 0.490 e. The van der Waals surface area contributed by atoms with Crippen molar-refractivity contribution in [3.8, 4) is 5.75 Å². The number of hydrogen-bond donors (Lipinski definition) is 1. The maximum absolute atomic E-state index is 7.61. The lowest BCUT2D eigenvalue weighted by atomic mass is 10.0. The molecule has 1 atom stereocenters. The summed E-state index contributed by atoms with van der Waals surface area (Å²) in [7, 11) is 0. The Morgan fingerprint density at radius 3 is 3.00 bits per heavy atom. The Morgan fingerprint density at radius 1 is 1.54 bits per heavy atom. The minimum Gasteiger partial charge on any atom is -0.490 e. The molecule has 0 saturated carbocycles. The normalized spacial score (nSPS) is 19.4. The fraction of sp³-hybridized carbons (Fsp3) is 0.364. The van der Waals surface area contributed by atoms with Gasteiger partial charge in [0.15, 0.2) is 0 Å². The molecule has 0 spiro atoms. The molecule has 0 radical (unpaired) electrons. The molecule has 1 aliphatic rings. The third kappa shape index (κ3) is 1.32. The van der Waals surface area contributed by atoms with Gasteiger partial charge in [-0.1, -0.05) is 12.1 Å². The van der Waals surface area contributed by atoms with E-state index in [0.29, 0.717) is 5.71 Å². The molecule has 0 bridgehead atoms. The first kappa shape index (κ1) is 8.30. The molecule has 0 fully saturated rings. The van der Waals surface area contributed by atoms with Crippen molar-refractivity contribution in [2.45, 2.75) is 26.4 Å². The van der Waals surface area contributed by atoms with E-state index in [9.17, 15) is 0 Å². The minimum atomic E-state index is 0.260. The molecule has 1 aromatic rings. The van der Waals surface area contributed by atoms with Crippen LogP contribution in [0.2, 0.25) is 0 Å². The van der Waals surface area contributed by atoms with E-state index < -0.39 is 0 Å². The van der Waals surface area contributed by atoms with Gasteiger partial charge in [0.25, 0.3) is 0 Å². The molecule has 0 aliphatic carbocycles. The fourth-order valence-electron chi connectivity index (χ4n) is 1.78.